The maximum atomic E-state index is 12.4. The smallest absolute Gasteiger partial charge is 0.227 e. The molecule has 0 radical (unpaired) electrons. The maximum absolute atomic E-state index is 12.4. The molecule has 3 unspecified atom stereocenters. The first-order chi connectivity index (χ1) is 8.40. The SMILES string of the molecule is COC1CC(NC(=O)C2(C)CCCNC2)C1(C)C.Cl. The van der Waals surface area contributed by atoms with Gasteiger partial charge in [-0.2, -0.15) is 0 Å². The van der Waals surface area contributed by atoms with Crippen LogP contribution in [0.4, 0.5) is 0 Å². The molecule has 0 aromatic carbocycles. The number of nitrogens with one attached hydrogen (secondary N) is 2. The van der Waals surface area contributed by atoms with E-state index < -0.39 is 0 Å². The minimum Gasteiger partial charge on any atom is -0.381 e. The van der Waals surface area contributed by atoms with Crippen LogP contribution in [-0.4, -0.2) is 38.3 Å². The number of carbonyl (C=O) groups excluding carboxylic acids is 1. The fourth-order valence-electron chi connectivity index (χ4n) is 3.11. The van der Waals surface area contributed by atoms with Gasteiger partial charge in [0.25, 0.3) is 0 Å². The van der Waals surface area contributed by atoms with E-state index in [0.29, 0.717) is 0 Å². The van der Waals surface area contributed by atoms with E-state index in [0.717, 1.165) is 32.4 Å². The first-order valence-corrected chi connectivity index (χ1v) is 6.94. The highest BCUT2D eigenvalue weighted by Crippen LogP contribution is 2.43. The highest BCUT2D eigenvalue weighted by Gasteiger charge is 2.50. The van der Waals surface area contributed by atoms with Crippen molar-refractivity contribution in [1.82, 2.24) is 10.6 Å². The third-order valence-corrected chi connectivity index (χ3v) is 4.91. The first kappa shape index (κ1) is 16.7. The standard InChI is InChI=1S/C14H26N2O2.ClH/c1-13(2)10(8-11(13)18-4)16-12(17)14(3)6-5-7-15-9-14;/h10-11,15H,5-9H2,1-4H3,(H,16,17);1H. The molecule has 0 spiro atoms. The van der Waals surface area contributed by atoms with Crippen molar-refractivity contribution in [1.29, 1.82) is 0 Å². The van der Waals surface area contributed by atoms with Gasteiger partial charge in [-0.1, -0.05) is 13.8 Å². The van der Waals surface area contributed by atoms with E-state index in [2.05, 4.69) is 31.4 Å². The lowest BCUT2D eigenvalue weighted by atomic mass is 9.64. The van der Waals surface area contributed by atoms with Crippen molar-refractivity contribution in [2.24, 2.45) is 10.8 Å². The van der Waals surface area contributed by atoms with Crippen molar-refractivity contribution in [3.05, 3.63) is 0 Å². The van der Waals surface area contributed by atoms with Gasteiger partial charge in [-0.3, -0.25) is 4.79 Å². The topological polar surface area (TPSA) is 50.4 Å². The zero-order chi connectivity index (χ0) is 13.4. The van der Waals surface area contributed by atoms with Crippen molar-refractivity contribution in [3.63, 3.8) is 0 Å². The second-order valence-corrected chi connectivity index (χ2v) is 6.65. The first-order valence-electron chi connectivity index (χ1n) is 6.94. The van der Waals surface area contributed by atoms with Crippen LogP contribution >= 0.6 is 12.4 Å². The monoisotopic (exact) mass is 290 g/mol. The molecule has 0 aromatic rings. The second-order valence-electron chi connectivity index (χ2n) is 6.65. The number of amides is 1. The van der Waals surface area contributed by atoms with Crippen LogP contribution in [0.15, 0.2) is 0 Å². The Labute approximate surface area is 122 Å². The van der Waals surface area contributed by atoms with Crippen molar-refractivity contribution >= 4 is 18.3 Å². The predicted octanol–water partition coefficient (Wildman–Crippen LogP) is 1.73. The summed E-state index contributed by atoms with van der Waals surface area (Å²) < 4.78 is 5.42. The Balaban J connectivity index is 0.00000180. The molecular formula is C14H27ClN2O2. The van der Waals surface area contributed by atoms with Crippen molar-refractivity contribution in [2.45, 2.75) is 52.2 Å². The summed E-state index contributed by atoms with van der Waals surface area (Å²) in [6, 6.07) is 0.244. The van der Waals surface area contributed by atoms with Crippen LogP contribution in [-0.2, 0) is 9.53 Å². The van der Waals surface area contributed by atoms with Gasteiger partial charge in [0, 0.05) is 25.1 Å². The van der Waals surface area contributed by atoms with Crippen LogP contribution in [0.25, 0.3) is 0 Å². The molecule has 112 valence electrons. The molecule has 1 amide bonds. The number of hydrogen-bond donors (Lipinski definition) is 2. The summed E-state index contributed by atoms with van der Waals surface area (Å²) in [5, 5.41) is 6.54. The molecule has 1 saturated heterocycles. The summed E-state index contributed by atoms with van der Waals surface area (Å²) in [6.07, 6.45) is 3.25. The molecule has 2 aliphatic rings. The molecule has 1 saturated carbocycles. The van der Waals surface area contributed by atoms with Gasteiger partial charge in [0.1, 0.15) is 0 Å². The highest BCUT2D eigenvalue weighted by atomic mass is 35.5. The van der Waals surface area contributed by atoms with E-state index in [9.17, 15) is 4.79 Å². The zero-order valence-corrected chi connectivity index (χ0v) is 13.2. The van der Waals surface area contributed by atoms with Crippen molar-refractivity contribution < 1.29 is 9.53 Å². The number of methoxy groups -OCH3 is 1. The minimum absolute atomic E-state index is 0. The van der Waals surface area contributed by atoms with E-state index in [1.54, 1.807) is 7.11 Å². The average Bonchev–Trinajstić information content (AvgIpc) is 2.34. The lowest BCUT2D eigenvalue weighted by Crippen LogP contribution is -2.64. The van der Waals surface area contributed by atoms with Crippen LogP contribution < -0.4 is 10.6 Å². The lowest BCUT2D eigenvalue weighted by molar-refractivity contribution is -0.141. The molecule has 4 nitrogen and oxygen atoms in total. The van der Waals surface area contributed by atoms with Gasteiger partial charge in [0.05, 0.1) is 11.5 Å². The molecule has 5 heteroatoms. The normalized spacial score (nSPS) is 36.8. The average molecular weight is 291 g/mol. The third kappa shape index (κ3) is 3.06. The predicted molar refractivity (Wildman–Crippen MR) is 78.6 cm³/mol. The molecule has 1 aliphatic heterocycles. The van der Waals surface area contributed by atoms with Crippen LogP contribution in [0.5, 0.6) is 0 Å². The summed E-state index contributed by atoms with van der Waals surface area (Å²) in [6.45, 7) is 8.21. The number of piperidine rings is 1. The zero-order valence-electron chi connectivity index (χ0n) is 12.4. The summed E-state index contributed by atoms with van der Waals surface area (Å²) in [5.74, 6) is 0.197. The van der Waals surface area contributed by atoms with Gasteiger partial charge >= 0.3 is 0 Å². The number of ether oxygens (including phenoxy) is 1. The summed E-state index contributed by atoms with van der Waals surface area (Å²) in [7, 11) is 1.75. The van der Waals surface area contributed by atoms with Gasteiger partial charge < -0.3 is 15.4 Å². The van der Waals surface area contributed by atoms with Crippen molar-refractivity contribution in [2.75, 3.05) is 20.2 Å². The maximum Gasteiger partial charge on any atom is 0.227 e. The summed E-state index contributed by atoms with van der Waals surface area (Å²) in [5.41, 5.74) is -0.199. The fourth-order valence-corrected chi connectivity index (χ4v) is 3.11. The fraction of sp³-hybridized carbons (Fsp3) is 0.929. The Morgan fingerprint density at radius 1 is 1.37 bits per heavy atom. The van der Waals surface area contributed by atoms with Crippen molar-refractivity contribution in [3.8, 4) is 0 Å². The quantitative estimate of drug-likeness (QED) is 0.832. The Morgan fingerprint density at radius 3 is 2.53 bits per heavy atom. The van der Waals surface area contributed by atoms with Crippen LogP contribution in [0.1, 0.15) is 40.0 Å². The molecule has 3 atom stereocenters. The van der Waals surface area contributed by atoms with Gasteiger partial charge in [-0.05, 0) is 32.7 Å². The van der Waals surface area contributed by atoms with E-state index in [1.807, 2.05) is 0 Å². The van der Waals surface area contributed by atoms with E-state index in [1.165, 1.54) is 0 Å². The lowest BCUT2D eigenvalue weighted by Gasteiger charge is -2.52. The Morgan fingerprint density at radius 2 is 2.05 bits per heavy atom. The van der Waals surface area contributed by atoms with Gasteiger partial charge in [0.15, 0.2) is 0 Å². The van der Waals surface area contributed by atoms with E-state index >= 15 is 0 Å². The molecular weight excluding hydrogens is 264 g/mol. The second kappa shape index (κ2) is 5.98. The number of rotatable bonds is 3. The number of carbonyl (C=O) groups is 1. The Kier molecular flexibility index (Phi) is 5.27. The van der Waals surface area contributed by atoms with E-state index in [-0.39, 0.29) is 41.3 Å². The number of halogens is 1. The molecule has 2 fully saturated rings. The van der Waals surface area contributed by atoms with Crippen LogP contribution in [0.3, 0.4) is 0 Å². The third-order valence-electron chi connectivity index (χ3n) is 4.91. The molecule has 1 heterocycles. The van der Waals surface area contributed by atoms with Crippen LogP contribution in [0, 0.1) is 10.8 Å². The molecule has 0 aromatic heterocycles. The summed E-state index contributed by atoms with van der Waals surface area (Å²) in [4.78, 5) is 12.4. The molecule has 19 heavy (non-hydrogen) atoms. The van der Waals surface area contributed by atoms with Gasteiger partial charge in [0.2, 0.25) is 5.91 Å². The summed E-state index contributed by atoms with van der Waals surface area (Å²) >= 11 is 0. The van der Waals surface area contributed by atoms with E-state index in [4.69, 9.17) is 4.74 Å². The van der Waals surface area contributed by atoms with Crippen LogP contribution in [0.2, 0.25) is 0 Å². The van der Waals surface area contributed by atoms with Gasteiger partial charge in [-0.15, -0.1) is 12.4 Å². The minimum atomic E-state index is -0.244. The molecule has 0 bridgehead atoms. The number of hydrogen-bond acceptors (Lipinski definition) is 3. The Hall–Kier alpha value is -0.320. The Bertz CT molecular complexity index is 327. The molecule has 2 N–H and O–H groups in total. The largest absolute Gasteiger partial charge is 0.381 e. The molecule has 1 aliphatic carbocycles. The van der Waals surface area contributed by atoms with Gasteiger partial charge in [-0.25, -0.2) is 0 Å². The highest BCUT2D eigenvalue weighted by molar-refractivity contribution is 5.85. The molecule has 2 rings (SSSR count).